The van der Waals surface area contributed by atoms with Crippen LogP contribution in [0.1, 0.15) is 29.9 Å². The van der Waals surface area contributed by atoms with E-state index in [1.807, 2.05) is 6.07 Å². The van der Waals surface area contributed by atoms with Crippen LogP contribution in [0.15, 0.2) is 42.6 Å². The molecule has 2 aromatic rings. The van der Waals surface area contributed by atoms with Crippen molar-refractivity contribution in [3.8, 4) is 5.75 Å². The summed E-state index contributed by atoms with van der Waals surface area (Å²) in [7, 11) is 1.78. The number of piperidine rings is 3. The number of hydrogen-bond acceptors (Lipinski definition) is 5. The number of rotatable bonds is 4. The zero-order valence-electron chi connectivity index (χ0n) is 15.9. The maximum Gasteiger partial charge on any atom is 0.127 e. The Morgan fingerprint density at radius 3 is 2.70 bits per heavy atom. The van der Waals surface area contributed by atoms with Gasteiger partial charge in [0.2, 0.25) is 0 Å². The Hall–Kier alpha value is -2.11. The molecule has 0 unspecified atom stereocenters. The average molecular weight is 364 g/mol. The third-order valence-electron chi connectivity index (χ3n) is 6.93. The van der Waals surface area contributed by atoms with Gasteiger partial charge in [0.05, 0.1) is 7.11 Å². The Bertz CT molecular complexity index is 817. The number of anilines is 1. The van der Waals surface area contributed by atoms with E-state index in [-0.39, 0.29) is 0 Å². The summed E-state index contributed by atoms with van der Waals surface area (Å²) in [5.41, 5.74) is 8.66. The van der Waals surface area contributed by atoms with Gasteiger partial charge >= 0.3 is 0 Å². The third kappa shape index (κ3) is 2.80. The lowest BCUT2D eigenvalue weighted by Crippen LogP contribution is -2.60. The molecule has 2 N–H and O–H groups in total. The van der Waals surface area contributed by atoms with Crippen LogP contribution in [0.2, 0.25) is 0 Å². The van der Waals surface area contributed by atoms with Gasteiger partial charge in [-0.05, 0) is 44.0 Å². The van der Waals surface area contributed by atoms with Crippen LogP contribution in [0, 0.1) is 5.92 Å². The zero-order valence-corrected chi connectivity index (χ0v) is 15.9. The smallest absolute Gasteiger partial charge is 0.127 e. The number of likely N-dealkylation sites (tertiary alicyclic amines) is 1. The number of benzene rings is 1. The largest absolute Gasteiger partial charge is 0.496 e. The minimum absolute atomic E-state index is 0.479. The monoisotopic (exact) mass is 364 g/mol. The quantitative estimate of drug-likeness (QED) is 0.904. The first-order valence-corrected chi connectivity index (χ1v) is 10.1. The fourth-order valence-corrected chi connectivity index (χ4v) is 5.77. The fraction of sp³-hybridized carbons (Fsp3) is 0.500. The molecule has 4 aliphatic rings. The molecule has 4 aliphatic heterocycles. The van der Waals surface area contributed by atoms with Gasteiger partial charge in [0.1, 0.15) is 11.6 Å². The van der Waals surface area contributed by atoms with Crippen molar-refractivity contribution in [1.82, 2.24) is 14.8 Å². The van der Waals surface area contributed by atoms with Crippen LogP contribution in [-0.4, -0.2) is 53.6 Å². The zero-order chi connectivity index (χ0) is 18.4. The predicted molar refractivity (Wildman–Crippen MR) is 107 cm³/mol. The van der Waals surface area contributed by atoms with E-state index in [4.69, 9.17) is 10.5 Å². The predicted octanol–water partition coefficient (Wildman–Crippen LogP) is 2.73. The number of nitrogens with two attached hydrogens (primary N) is 1. The summed E-state index contributed by atoms with van der Waals surface area (Å²) in [4.78, 5) is 9.70. The summed E-state index contributed by atoms with van der Waals surface area (Å²) in [6, 6.07) is 13.9. The van der Waals surface area contributed by atoms with E-state index in [0.717, 1.165) is 30.3 Å². The summed E-state index contributed by atoms with van der Waals surface area (Å²) in [6.45, 7) is 4.41. The van der Waals surface area contributed by atoms with Gasteiger partial charge in [-0.15, -0.1) is 0 Å². The van der Waals surface area contributed by atoms with Crippen molar-refractivity contribution in [2.75, 3.05) is 32.5 Å². The van der Waals surface area contributed by atoms with Gasteiger partial charge in [-0.2, -0.15) is 0 Å². The minimum atomic E-state index is 0.479. The van der Waals surface area contributed by atoms with Crippen molar-refractivity contribution < 1.29 is 4.74 Å². The Labute approximate surface area is 161 Å². The summed E-state index contributed by atoms with van der Waals surface area (Å²) in [5.74, 6) is 2.95. The van der Waals surface area contributed by atoms with Gasteiger partial charge in [0, 0.05) is 48.4 Å². The van der Waals surface area contributed by atoms with Crippen LogP contribution >= 0.6 is 0 Å². The maximum atomic E-state index is 6.17. The molecule has 1 aromatic heterocycles. The Morgan fingerprint density at radius 2 is 1.93 bits per heavy atom. The molecule has 4 saturated heterocycles. The first kappa shape index (κ1) is 17.0. The standard InChI is InChI=1S/C22H28N4O/c1-27-19-7-3-2-6-17(19)18-14-26(13-16-5-4-10-24-22(16)23)20-15-8-11-25(12-9-15)21(18)20/h2-7,10,15,18,20-21H,8-9,11-14H2,1H3,(H2,23,24)/t18-,20+,21+/m0/s1. The van der Waals surface area contributed by atoms with Gasteiger partial charge in [-0.25, -0.2) is 4.98 Å². The molecule has 1 aromatic carbocycles. The molecular weight excluding hydrogens is 336 g/mol. The van der Waals surface area contributed by atoms with Gasteiger partial charge in [0.25, 0.3) is 0 Å². The minimum Gasteiger partial charge on any atom is -0.496 e. The number of nitrogen functional groups attached to an aromatic ring is 1. The van der Waals surface area contributed by atoms with Gasteiger partial charge in [-0.3, -0.25) is 9.80 Å². The van der Waals surface area contributed by atoms with Gasteiger partial charge in [-0.1, -0.05) is 24.3 Å². The topological polar surface area (TPSA) is 54.6 Å². The van der Waals surface area contributed by atoms with Crippen molar-refractivity contribution in [2.45, 2.75) is 37.4 Å². The molecule has 27 heavy (non-hydrogen) atoms. The van der Waals surface area contributed by atoms with Gasteiger partial charge in [0.15, 0.2) is 0 Å². The second-order valence-corrected chi connectivity index (χ2v) is 8.18. The van der Waals surface area contributed by atoms with E-state index < -0.39 is 0 Å². The number of methoxy groups -OCH3 is 1. The number of nitrogens with zero attached hydrogens (tertiary/aromatic N) is 3. The van der Waals surface area contributed by atoms with Crippen LogP contribution in [0.3, 0.4) is 0 Å². The molecule has 5 heteroatoms. The maximum absolute atomic E-state index is 6.17. The molecule has 0 amide bonds. The molecule has 3 atom stereocenters. The summed E-state index contributed by atoms with van der Waals surface area (Å²) in [5, 5.41) is 0. The summed E-state index contributed by atoms with van der Waals surface area (Å²) >= 11 is 0. The lowest BCUT2D eigenvalue weighted by molar-refractivity contribution is -0.00876. The molecule has 6 rings (SSSR count). The fourth-order valence-electron chi connectivity index (χ4n) is 5.77. The summed E-state index contributed by atoms with van der Waals surface area (Å²) in [6.07, 6.45) is 4.41. The lowest BCUT2D eigenvalue weighted by Gasteiger charge is -2.51. The van der Waals surface area contributed by atoms with Crippen LogP contribution < -0.4 is 10.5 Å². The van der Waals surface area contributed by atoms with E-state index >= 15 is 0 Å². The Kier molecular flexibility index (Phi) is 4.29. The number of ether oxygens (including phenoxy) is 1. The number of hydrogen-bond donors (Lipinski definition) is 1. The van der Waals surface area contributed by atoms with Crippen molar-refractivity contribution in [2.24, 2.45) is 5.92 Å². The molecular formula is C22H28N4O. The van der Waals surface area contributed by atoms with Crippen LogP contribution in [0.5, 0.6) is 5.75 Å². The number of pyridine rings is 1. The Balaban J connectivity index is 1.51. The molecule has 2 bridgehead atoms. The molecule has 0 aliphatic carbocycles. The summed E-state index contributed by atoms with van der Waals surface area (Å²) < 4.78 is 5.72. The number of aromatic nitrogens is 1. The molecule has 142 valence electrons. The first-order chi connectivity index (χ1) is 13.3. The Morgan fingerprint density at radius 1 is 1.11 bits per heavy atom. The number of para-hydroxylation sites is 1. The molecule has 0 spiro atoms. The highest BCUT2D eigenvalue weighted by molar-refractivity contribution is 5.41. The van der Waals surface area contributed by atoms with Crippen LogP contribution in [0.4, 0.5) is 5.82 Å². The van der Waals surface area contributed by atoms with Crippen LogP contribution in [-0.2, 0) is 6.54 Å². The van der Waals surface area contributed by atoms with Crippen molar-refractivity contribution in [3.05, 3.63) is 53.7 Å². The third-order valence-corrected chi connectivity index (χ3v) is 6.93. The SMILES string of the molecule is COc1ccccc1[C@@H]1CN(Cc2cccnc2N)[C@@H]2C3CCN(CC3)[C@@H]21. The molecule has 4 fully saturated rings. The van der Waals surface area contributed by atoms with Crippen LogP contribution in [0.25, 0.3) is 0 Å². The van der Waals surface area contributed by atoms with E-state index in [1.165, 1.54) is 31.5 Å². The first-order valence-electron chi connectivity index (χ1n) is 10.1. The molecule has 0 radical (unpaired) electrons. The van der Waals surface area contributed by atoms with E-state index in [9.17, 15) is 0 Å². The highest BCUT2D eigenvalue weighted by Crippen LogP contribution is 2.48. The number of fused-ring (bicyclic) bond motifs is 2. The van der Waals surface area contributed by atoms with Gasteiger partial charge < -0.3 is 10.5 Å². The van der Waals surface area contributed by atoms with Crippen molar-refractivity contribution >= 4 is 5.82 Å². The van der Waals surface area contributed by atoms with E-state index in [1.54, 1.807) is 13.3 Å². The molecule has 5 heterocycles. The average Bonchev–Trinajstić information content (AvgIpc) is 3.12. The van der Waals surface area contributed by atoms with E-state index in [0.29, 0.717) is 23.8 Å². The highest BCUT2D eigenvalue weighted by atomic mass is 16.5. The second kappa shape index (κ2) is 6.80. The highest BCUT2D eigenvalue weighted by Gasteiger charge is 2.53. The van der Waals surface area contributed by atoms with E-state index in [2.05, 4.69) is 45.1 Å². The second-order valence-electron chi connectivity index (χ2n) is 8.18. The molecule has 0 saturated carbocycles. The molecule has 5 nitrogen and oxygen atoms in total. The normalized spacial score (nSPS) is 32.4. The van der Waals surface area contributed by atoms with Crippen molar-refractivity contribution in [3.63, 3.8) is 0 Å². The van der Waals surface area contributed by atoms with Crippen molar-refractivity contribution in [1.29, 1.82) is 0 Å². The lowest BCUT2D eigenvalue weighted by atomic mass is 9.75.